The van der Waals surface area contributed by atoms with Gasteiger partial charge in [-0.1, -0.05) is 30.3 Å². The minimum absolute atomic E-state index is 0.114. The normalized spacial score (nSPS) is 12.8. The van der Waals surface area contributed by atoms with E-state index >= 15 is 0 Å². The Balaban J connectivity index is 1.68. The Kier molecular flexibility index (Phi) is 5.60. The van der Waals surface area contributed by atoms with Crippen molar-refractivity contribution in [3.05, 3.63) is 72.3 Å². The van der Waals surface area contributed by atoms with Gasteiger partial charge >= 0.3 is 0 Å². The van der Waals surface area contributed by atoms with Crippen molar-refractivity contribution >= 4 is 33.0 Å². The lowest BCUT2D eigenvalue weighted by atomic mass is 10.1. The van der Waals surface area contributed by atoms with Gasteiger partial charge in [0.15, 0.2) is 0 Å². The summed E-state index contributed by atoms with van der Waals surface area (Å²) in [5.41, 5.74) is 0.606. The Morgan fingerprint density at radius 3 is 2.43 bits per heavy atom. The van der Waals surface area contributed by atoms with Gasteiger partial charge in [-0.25, -0.2) is 4.83 Å². The second-order valence-electron chi connectivity index (χ2n) is 6.01. The Labute approximate surface area is 162 Å². The number of hydrogen-bond acceptors (Lipinski definition) is 6. The molecule has 0 bridgehead atoms. The molecule has 0 aliphatic heterocycles. The fraction of sp³-hybridized carbons (Fsp3) is 0.100. The Hall–Kier alpha value is -3.39. The molecule has 0 saturated carbocycles. The Morgan fingerprint density at radius 1 is 1.07 bits per heavy atom. The summed E-state index contributed by atoms with van der Waals surface area (Å²) < 4.78 is 30.0. The molecule has 0 aliphatic rings. The number of carbonyl (C=O) groups is 1. The maximum atomic E-state index is 12.4. The van der Waals surface area contributed by atoms with E-state index in [1.54, 1.807) is 36.4 Å². The van der Waals surface area contributed by atoms with Crippen LogP contribution < -0.4 is 14.7 Å². The second kappa shape index (κ2) is 8.10. The summed E-state index contributed by atoms with van der Waals surface area (Å²) in [4.78, 5) is 13.0. The van der Waals surface area contributed by atoms with E-state index in [-0.39, 0.29) is 4.90 Å². The van der Waals surface area contributed by atoms with Gasteiger partial charge in [-0.3, -0.25) is 0 Å². The zero-order valence-corrected chi connectivity index (χ0v) is 15.7. The van der Waals surface area contributed by atoms with Crippen LogP contribution in [-0.4, -0.2) is 26.7 Å². The first-order valence-electron chi connectivity index (χ1n) is 8.36. The third-order valence-electron chi connectivity index (χ3n) is 3.94. The number of benzene rings is 3. The van der Waals surface area contributed by atoms with Crippen molar-refractivity contribution in [2.24, 2.45) is 5.10 Å². The highest BCUT2D eigenvalue weighted by Gasteiger charge is 2.13. The van der Waals surface area contributed by atoms with E-state index in [1.807, 2.05) is 24.3 Å². The van der Waals surface area contributed by atoms with Crippen molar-refractivity contribution in [1.82, 2.24) is 4.83 Å². The van der Waals surface area contributed by atoms with E-state index in [4.69, 9.17) is 4.74 Å². The van der Waals surface area contributed by atoms with E-state index in [0.29, 0.717) is 11.3 Å². The molecule has 1 atom stereocenters. The number of hydrazone groups is 1. The third-order valence-corrected chi connectivity index (χ3v) is 5.16. The summed E-state index contributed by atoms with van der Waals surface area (Å²) in [7, 11) is -3.80. The number of sulfonamides is 1. The van der Waals surface area contributed by atoms with Crippen LogP contribution in [0.5, 0.6) is 5.75 Å². The summed E-state index contributed by atoms with van der Waals surface area (Å²) in [5.74, 6) is -0.959. The van der Waals surface area contributed by atoms with Gasteiger partial charge in [0.05, 0.1) is 17.1 Å². The van der Waals surface area contributed by atoms with Gasteiger partial charge in [-0.15, -0.1) is 0 Å². The van der Waals surface area contributed by atoms with Crippen LogP contribution in [0.3, 0.4) is 0 Å². The molecule has 0 unspecified atom stereocenters. The number of rotatable bonds is 7. The molecule has 0 heterocycles. The molecule has 0 aliphatic carbocycles. The van der Waals surface area contributed by atoms with Crippen LogP contribution in [-0.2, 0) is 14.8 Å². The van der Waals surface area contributed by atoms with Gasteiger partial charge in [0.2, 0.25) is 0 Å². The maximum Gasteiger partial charge on any atom is 0.276 e. The van der Waals surface area contributed by atoms with Crippen LogP contribution in [0.4, 0.5) is 0 Å². The number of carboxylic acid groups (broad SMARTS) is 1. The molecule has 8 heteroatoms. The first-order chi connectivity index (χ1) is 13.3. The van der Waals surface area contributed by atoms with Gasteiger partial charge in [-0.05, 0) is 59.7 Å². The van der Waals surface area contributed by atoms with E-state index in [2.05, 4.69) is 9.93 Å². The van der Waals surface area contributed by atoms with E-state index < -0.39 is 22.1 Å². The first kappa shape index (κ1) is 19.4. The highest BCUT2D eigenvalue weighted by Crippen LogP contribution is 2.19. The average Bonchev–Trinajstić information content (AvgIpc) is 2.68. The molecule has 0 amide bonds. The van der Waals surface area contributed by atoms with Crippen molar-refractivity contribution in [3.63, 3.8) is 0 Å². The molecule has 0 radical (unpaired) electrons. The second-order valence-corrected chi connectivity index (χ2v) is 7.67. The number of hydrogen-bond donors (Lipinski definition) is 1. The Morgan fingerprint density at radius 2 is 1.75 bits per heavy atom. The monoisotopic (exact) mass is 397 g/mol. The van der Waals surface area contributed by atoms with E-state index in [1.165, 1.54) is 19.2 Å². The quantitative estimate of drug-likeness (QED) is 0.482. The molecule has 28 heavy (non-hydrogen) atoms. The minimum Gasteiger partial charge on any atom is -0.546 e. The standard InChI is InChI=1S/C20H18N2O5S/c1-14(20(23)24)27-18-9-6-15(7-10-18)13-21-22-28(25,26)19-11-8-16-4-2-3-5-17(16)12-19/h2-14,22H,1H3,(H,23,24)/p-1/t14-/m0/s1. The van der Waals surface area contributed by atoms with Gasteiger partial charge in [0.1, 0.15) is 11.9 Å². The zero-order chi connectivity index (χ0) is 20.1. The van der Waals surface area contributed by atoms with Crippen LogP contribution in [0.2, 0.25) is 0 Å². The predicted octanol–water partition coefficient (Wildman–Crippen LogP) is 1.67. The topological polar surface area (TPSA) is 108 Å². The molecule has 0 fully saturated rings. The highest BCUT2D eigenvalue weighted by atomic mass is 32.2. The number of fused-ring (bicyclic) bond motifs is 1. The molecule has 7 nitrogen and oxygen atoms in total. The largest absolute Gasteiger partial charge is 0.546 e. The van der Waals surface area contributed by atoms with Crippen molar-refractivity contribution < 1.29 is 23.1 Å². The fourth-order valence-electron chi connectivity index (χ4n) is 2.44. The SMILES string of the molecule is C[C@H](Oc1ccc(C=NNS(=O)(=O)c2ccc3ccccc3c2)cc1)C(=O)[O-]. The lowest BCUT2D eigenvalue weighted by molar-refractivity contribution is -0.312. The summed E-state index contributed by atoms with van der Waals surface area (Å²) in [6, 6.07) is 18.6. The Bertz CT molecular complexity index is 1120. The van der Waals surface area contributed by atoms with E-state index in [9.17, 15) is 18.3 Å². The summed E-state index contributed by atoms with van der Waals surface area (Å²) in [6.07, 6.45) is 0.262. The van der Waals surface area contributed by atoms with Crippen LogP contribution in [0.25, 0.3) is 10.8 Å². The van der Waals surface area contributed by atoms with Crippen molar-refractivity contribution in [2.75, 3.05) is 0 Å². The smallest absolute Gasteiger partial charge is 0.276 e. The first-order valence-corrected chi connectivity index (χ1v) is 9.85. The zero-order valence-electron chi connectivity index (χ0n) is 14.9. The summed E-state index contributed by atoms with van der Waals surface area (Å²) in [5, 5.41) is 16.2. The van der Waals surface area contributed by atoms with Crippen molar-refractivity contribution in [2.45, 2.75) is 17.9 Å². The van der Waals surface area contributed by atoms with Gasteiger partial charge < -0.3 is 14.6 Å². The molecule has 0 spiro atoms. The minimum atomic E-state index is -3.80. The van der Waals surface area contributed by atoms with Crippen molar-refractivity contribution in [3.8, 4) is 5.75 Å². The van der Waals surface area contributed by atoms with Crippen molar-refractivity contribution in [1.29, 1.82) is 0 Å². The molecule has 3 rings (SSSR count). The van der Waals surface area contributed by atoms with Crippen LogP contribution >= 0.6 is 0 Å². The number of carboxylic acids is 1. The predicted molar refractivity (Wildman–Crippen MR) is 103 cm³/mol. The number of carbonyl (C=O) groups excluding carboxylic acids is 1. The molecule has 1 N–H and O–H groups in total. The maximum absolute atomic E-state index is 12.4. The average molecular weight is 397 g/mol. The number of nitrogens with zero attached hydrogens (tertiary/aromatic N) is 1. The molecule has 0 aromatic heterocycles. The molecule has 3 aromatic rings. The number of aliphatic carboxylic acids is 1. The molecule has 144 valence electrons. The molecular weight excluding hydrogens is 380 g/mol. The molecule has 3 aromatic carbocycles. The van der Waals surface area contributed by atoms with Crippen LogP contribution in [0.1, 0.15) is 12.5 Å². The van der Waals surface area contributed by atoms with E-state index in [0.717, 1.165) is 10.8 Å². The summed E-state index contributed by atoms with van der Waals surface area (Å²) in [6.45, 7) is 1.37. The lowest BCUT2D eigenvalue weighted by Gasteiger charge is -2.15. The number of nitrogens with one attached hydrogen (secondary N) is 1. The summed E-state index contributed by atoms with van der Waals surface area (Å²) >= 11 is 0. The number of ether oxygens (including phenoxy) is 1. The van der Waals surface area contributed by atoms with Gasteiger partial charge in [-0.2, -0.15) is 13.5 Å². The van der Waals surface area contributed by atoms with Crippen LogP contribution in [0, 0.1) is 0 Å². The highest BCUT2D eigenvalue weighted by molar-refractivity contribution is 7.89. The van der Waals surface area contributed by atoms with Gasteiger partial charge in [0.25, 0.3) is 10.0 Å². The molecular formula is C20H17N2O5S-. The molecule has 0 saturated heterocycles. The third kappa shape index (κ3) is 4.66. The fourth-order valence-corrected chi connectivity index (χ4v) is 3.27. The van der Waals surface area contributed by atoms with Gasteiger partial charge in [0, 0.05) is 0 Å². The lowest BCUT2D eigenvalue weighted by Crippen LogP contribution is -2.37. The van der Waals surface area contributed by atoms with Crippen LogP contribution in [0.15, 0.2) is 76.7 Å².